The van der Waals surface area contributed by atoms with E-state index in [1.165, 1.54) is 22.5 Å². The molecule has 0 unspecified atom stereocenters. The van der Waals surface area contributed by atoms with Gasteiger partial charge in [0.1, 0.15) is 12.4 Å². The van der Waals surface area contributed by atoms with E-state index in [0.29, 0.717) is 13.2 Å². The lowest BCUT2D eigenvalue weighted by Crippen LogP contribution is -2.26. The Morgan fingerprint density at radius 3 is 2.57 bits per heavy atom. The Morgan fingerprint density at radius 1 is 1.17 bits per heavy atom. The van der Waals surface area contributed by atoms with Crippen molar-refractivity contribution in [2.45, 2.75) is 61.2 Å². The quantitative estimate of drug-likeness (QED) is 0.512. The molecule has 2 aromatic heterocycles. The highest BCUT2D eigenvalue weighted by atomic mass is 32.1. The molecule has 3 aromatic rings. The molecule has 3 rings (SSSR count). The molecule has 2 heterocycles. The Labute approximate surface area is 183 Å². The van der Waals surface area contributed by atoms with Crippen LogP contribution in [0.3, 0.4) is 0 Å². The molecule has 6 heteroatoms. The summed E-state index contributed by atoms with van der Waals surface area (Å²) in [5, 5.41) is 6.56. The SMILES string of the molecule is CCn1nc(C)c(CN(C)C(=O)c2cc(COc3cc(C)cc(C)c3C)cs2)c1C. The van der Waals surface area contributed by atoms with Crippen LogP contribution in [0, 0.1) is 34.6 Å². The molecule has 0 saturated carbocycles. The van der Waals surface area contributed by atoms with Crippen molar-refractivity contribution in [3.05, 3.63) is 67.7 Å². The Morgan fingerprint density at radius 2 is 1.90 bits per heavy atom. The standard InChI is InChI=1S/C24H31N3O2S/c1-8-27-19(6)21(18(5)25-27)12-26(7)24(28)23-11-20(14-30-23)13-29-22-10-15(2)9-16(3)17(22)4/h9-11,14H,8,12-13H2,1-7H3. The number of hydrogen-bond acceptors (Lipinski definition) is 4. The van der Waals surface area contributed by atoms with E-state index in [9.17, 15) is 4.79 Å². The molecule has 0 fully saturated rings. The summed E-state index contributed by atoms with van der Waals surface area (Å²) < 4.78 is 8.04. The van der Waals surface area contributed by atoms with Gasteiger partial charge < -0.3 is 9.64 Å². The van der Waals surface area contributed by atoms with Crippen LogP contribution < -0.4 is 4.74 Å². The summed E-state index contributed by atoms with van der Waals surface area (Å²) in [4.78, 5) is 15.4. The Hall–Kier alpha value is -2.60. The smallest absolute Gasteiger partial charge is 0.263 e. The Balaban J connectivity index is 1.67. The number of carbonyl (C=O) groups is 1. The summed E-state index contributed by atoms with van der Waals surface area (Å²) in [6.45, 7) is 14.2. The number of aryl methyl sites for hydroxylation is 4. The maximum atomic E-state index is 12.9. The van der Waals surface area contributed by atoms with Crippen LogP contribution in [-0.4, -0.2) is 27.6 Å². The zero-order chi connectivity index (χ0) is 22.0. The topological polar surface area (TPSA) is 47.4 Å². The molecule has 0 bridgehead atoms. The Kier molecular flexibility index (Phi) is 6.66. The fraction of sp³-hybridized carbons (Fsp3) is 0.417. The monoisotopic (exact) mass is 425 g/mol. The van der Waals surface area contributed by atoms with E-state index in [4.69, 9.17) is 4.74 Å². The zero-order valence-corrected chi connectivity index (χ0v) is 19.8. The van der Waals surface area contributed by atoms with Gasteiger partial charge in [-0.15, -0.1) is 11.3 Å². The molecule has 0 N–H and O–H groups in total. The van der Waals surface area contributed by atoms with Crippen molar-refractivity contribution < 1.29 is 9.53 Å². The molecule has 0 aliphatic carbocycles. The molecule has 30 heavy (non-hydrogen) atoms. The van der Waals surface area contributed by atoms with Crippen LogP contribution in [0.25, 0.3) is 0 Å². The van der Waals surface area contributed by atoms with E-state index in [1.807, 2.05) is 30.1 Å². The summed E-state index contributed by atoms with van der Waals surface area (Å²) in [5.74, 6) is 0.930. The number of rotatable bonds is 7. The summed E-state index contributed by atoms with van der Waals surface area (Å²) >= 11 is 1.47. The molecular formula is C24H31N3O2S. The second kappa shape index (κ2) is 9.04. The van der Waals surface area contributed by atoms with Crippen molar-refractivity contribution >= 4 is 17.2 Å². The zero-order valence-electron chi connectivity index (χ0n) is 19.0. The molecule has 0 aliphatic rings. The second-order valence-electron chi connectivity index (χ2n) is 7.94. The van der Waals surface area contributed by atoms with Crippen molar-refractivity contribution in [1.82, 2.24) is 14.7 Å². The van der Waals surface area contributed by atoms with Crippen molar-refractivity contribution in [2.75, 3.05) is 7.05 Å². The first-order valence-electron chi connectivity index (χ1n) is 10.3. The lowest BCUT2D eigenvalue weighted by atomic mass is 10.1. The molecule has 0 aliphatic heterocycles. The first-order valence-corrected chi connectivity index (χ1v) is 11.2. The summed E-state index contributed by atoms with van der Waals surface area (Å²) in [6, 6.07) is 6.17. The van der Waals surface area contributed by atoms with Crippen LogP contribution in [0.4, 0.5) is 0 Å². The molecule has 0 radical (unpaired) electrons. The van der Waals surface area contributed by atoms with E-state index >= 15 is 0 Å². The lowest BCUT2D eigenvalue weighted by molar-refractivity contribution is 0.0789. The molecule has 0 spiro atoms. The van der Waals surface area contributed by atoms with Crippen LogP contribution in [0.1, 0.15) is 55.8 Å². The number of benzene rings is 1. The van der Waals surface area contributed by atoms with Gasteiger partial charge in [-0.05, 0) is 75.7 Å². The lowest BCUT2D eigenvalue weighted by Gasteiger charge is -2.16. The summed E-state index contributed by atoms with van der Waals surface area (Å²) in [6.07, 6.45) is 0. The van der Waals surface area contributed by atoms with E-state index in [1.54, 1.807) is 4.90 Å². The average Bonchev–Trinajstić information content (AvgIpc) is 3.28. The normalized spacial score (nSPS) is 11.0. The molecule has 1 aromatic carbocycles. The molecule has 5 nitrogen and oxygen atoms in total. The first kappa shape index (κ1) is 22.1. The third-order valence-corrected chi connectivity index (χ3v) is 6.56. The number of ether oxygens (including phenoxy) is 1. The van der Waals surface area contributed by atoms with E-state index < -0.39 is 0 Å². The minimum Gasteiger partial charge on any atom is -0.489 e. The summed E-state index contributed by atoms with van der Waals surface area (Å²) in [5.41, 5.74) is 7.82. The fourth-order valence-electron chi connectivity index (χ4n) is 3.64. The van der Waals surface area contributed by atoms with Crippen LogP contribution in [-0.2, 0) is 19.7 Å². The van der Waals surface area contributed by atoms with Gasteiger partial charge in [0, 0.05) is 37.0 Å². The molecule has 160 valence electrons. The van der Waals surface area contributed by atoms with E-state index in [-0.39, 0.29) is 5.91 Å². The number of nitrogens with zero attached hydrogens (tertiary/aromatic N) is 3. The maximum Gasteiger partial charge on any atom is 0.263 e. The molecular weight excluding hydrogens is 394 g/mol. The predicted molar refractivity (Wildman–Crippen MR) is 122 cm³/mol. The van der Waals surface area contributed by atoms with Gasteiger partial charge in [-0.2, -0.15) is 5.10 Å². The van der Waals surface area contributed by atoms with Gasteiger partial charge in [0.05, 0.1) is 10.6 Å². The number of aromatic nitrogens is 2. The summed E-state index contributed by atoms with van der Waals surface area (Å²) in [7, 11) is 1.85. The van der Waals surface area contributed by atoms with Crippen LogP contribution in [0.5, 0.6) is 5.75 Å². The minimum atomic E-state index is 0.0249. The van der Waals surface area contributed by atoms with Gasteiger partial charge in [-0.3, -0.25) is 9.48 Å². The van der Waals surface area contributed by atoms with Crippen molar-refractivity contribution in [3.8, 4) is 5.75 Å². The van der Waals surface area contributed by atoms with Gasteiger partial charge in [0.25, 0.3) is 5.91 Å². The van der Waals surface area contributed by atoms with Gasteiger partial charge in [-0.1, -0.05) is 6.07 Å². The number of amides is 1. The van der Waals surface area contributed by atoms with Gasteiger partial charge >= 0.3 is 0 Å². The second-order valence-corrected chi connectivity index (χ2v) is 8.85. The predicted octanol–water partition coefficient (Wildman–Crippen LogP) is 5.36. The number of hydrogen-bond donors (Lipinski definition) is 0. The van der Waals surface area contributed by atoms with E-state index in [0.717, 1.165) is 45.2 Å². The highest BCUT2D eigenvalue weighted by Crippen LogP contribution is 2.26. The fourth-order valence-corrected chi connectivity index (χ4v) is 4.53. The third kappa shape index (κ3) is 4.59. The molecule has 1 amide bonds. The van der Waals surface area contributed by atoms with Crippen LogP contribution in [0.15, 0.2) is 23.6 Å². The number of thiophene rings is 1. The molecule has 0 atom stereocenters. The third-order valence-electron chi connectivity index (χ3n) is 5.60. The van der Waals surface area contributed by atoms with Crippen molar-refractivity contribution in [1.29, 1.82) is 0 Å². The van der Waals surface area contributed by atoms with Gasteiger partial charge in [0.15, 0.2) is 0 Å². The van der Waals surface area contributed by atoms with Crippen LogP contribution in [0.2, 0.25) is 0 Å². The highest BCUT2D eigenvalue weighted by Gasteiger charge is 2.19. The first-order chi connectivity index (χ1) is 14.2. The van der Waals surface area contributed by atoms with E-state index in [2.05, 4.69) is 51.9 Å². The van der Waals surface area contributed by atoms with Crippen molar-refractivity contribution in [2.24, 2.45) is 0 Å². The van der Waals surface area contributed by atoms with Crippen LogP contribution >= 0.6 is 11.3 Å². The Bertz CT molecular complexity index is 1060. The highest BCUT2D eigenvalue weighted by molar-refractivity contribution is 7.12. The van der Waals surface area contributed by atoms with Gasteiger partial charge in [-0.25, -0.2) is 0 Å². The largest absolute Gasteiger partial charge is 0.489 e. The minimum absolute atomic E-state index is 0.0249. The van der Waals surface area contributed by atoms with Gasteiger partial charge in [0.2, 0.25) is 0 Å². The maximum absolute atomic E-state index is 12.9. The molecule has 0 saturated heterocycles. The number of carbonyl (C=O) groups excluding carboxylic acids is 1. The van der Waals surface area contributed by atoms with Crippen molar-refractivity contribution in [3.63, 3.8) is 0 Å². The average molecular weight is 426 g/mol.